The van der Waals surface area contributed by atoms with Crippen molar-refractivity contribution in [1.82, 2.24) is 0 Å². The van der Waals surface area contributed by atoms with Crippen molar-refractivity contribution in [1.29, 1.82) is 0 Å². The molecule has 1 aliphatic rings. The van der Waals surface area contributed by atoms with Crippen LogP contribution in [-0.4, -0.2) is 5.91 Å². The predicted octanol–water partition coefficient (Wildman–Crippen LogP) is 6.57. The predicted molar refractivity (Wildman–Crippen MR) is 101 cm³/mol. The first kappa shape index (κ1) is 19.1. The van der Waals surface area contributed by atoms with Crippen LogP contribution in [0.4, 0.5) is 14.5 Å². The lowest BCUT2D eigenvalue weighted by Crippen LogP contribution is -2.21. The molecule has 0 atom stereocenters. The zero-order valence-electron chi connectivity index (χ0n) is 14.1. The van der Waals surface area contributed by atoms with Gasteiger partial charge in [0.15, 0.2) is 11.6 Å². The van der Waals surface area contributed by atoms with Crippen molar-refractivity contribution >= 4 is 34.8 Å². The first-order chi connectivity index (χ1) is 12.4. The Morgan fingerprint density at radius 3 is 2.27 bits per heavy atom. The van der Waals surface area contributed by atoms with E-state index in [2.05, 4.69) is 5.32 Å². The SMILES string of the molecule is O=C(CC1CCC(c2ccc(Cl)c(F)c2F)CC1)Nc1ccc(Cl)cc1. The number of carbonyl (C=O) groups excluding carboxylic acids is 1. The standard InChI is InChI=1S/C20H19Cl2F2NO/c21-14-5-7-15(8-6-14)25-18(26)11-12-1-3-13(4-2-12)16-9-10-17(22)20(24)19(16)23/h5-10,12-13H,1-4,11H2,(H,25,26). The molecule has 0 radical (unpaired) electrons. The number of benzene rings is 2. The lowest BCUT2D eigenvalue weighted by Gasteiger charge is -2.28. The molecule has 2 nitrogen and oxygen atoms in total. The van der Waals surface area contributed by atoms with E-state index in [-0.39, 0.29) is 22.8 Å². The second kappa shape index (κ2) is 8.36. The van der Waals surface area contributed by atoms with Gasteiger partial charge >= 0.3 is 0 Å². The van der Waals surface area contributed by atoms with Crippen LogP contribution in [0.15, 0.2) is 36.4 Å². The van der Waals surface area contributed by atoms with Gasteiger partial charge in [-0.3, -0.25) is 4.79 Å². The fourth-order valence-electron chi connectivity index (χ4n) is 3.54. The molecule has 0 saturated heterocycles. The van der Waals surface area contributed by atoms with Gasteiger partial charge in [-0.1, -0.05) is 29.3 Å². The Kier molecular flexibility index (Phi) is 6.15. The van der Waals surface area contributed by atoms with Crippen LogP contribution in [-0.2, 0) is 4.79 Å². The van der Waals surface area contributed by atoms with Crippen LogP contribution in [0.2, 0.25) is 10.0 Å². The summed E-state index contributed by atoms with van der Waals surface area (Å²) in [6.07, 6.45) is 3.51. The molecule has 6 heteroatoms. The van der Waals surface area contributed by atoms with Gasteiger partial charge in [0, 0.05) is 17.1 Å². The largest absolute Gasteiger partial charge is 0.326 e. The van der Waals surface area contributed by atoms with Crippen LogP contribution in [0.3, 0.4) is 0 Å². The fraction of sp³-hybridized carbons (Fsp3) is 0.350. The molecule has 0 aliphatic heterocycles. The van der Waals surface area contributed by atoms with Crippen molar-refractivity contribution in [3.8, 4) is 0 Å². The van der Waals surface area contributed by atoms with Crippen molar-refractivity contribution < 1.29 is 13.6 Å². The van der Waals surface area contributed by atoms with Crippen LogP contribution in [0.1, 0.15) is 43.6 Å². The average molecular weight is 398 g/mol. The molecule has 2 aromatic rings. The maximum atomic E-state index is 14.1. The van der Waals surface area contributed by atoms with Crippen LogP contribution < -0.4 is 5.32 Å². The molecular weight excluding hydrogens is 379 g/mol. The highest BCUT2D eigenvalue weighted by atomic mass is 35.5. The third-order valence-electron chi connectivity index (χ3n) is 4.95. The van der Waals surface area contributed by atoms with E-state index in [1.54, 1.807) is 30.3 Å². The van der Waals surface area contributed by atoms with E-state index in [9.17, 15) is 13.6 Å². The topological polar surface area (TPSA) is 29.1 Å². The van der Waals surface area contributed by atoms with Crippen molar-refractivity contribution in [3.63, 3.8) is 0 Å². The number of carbonyl (C=O) groups is 1. The Morgan fingerprint density at radius 1 is 0.962 bits per heavy atom. The summed E-state index contributed by atoms with van der Waals surface area (Å²) in [5.41, 5.74) is 1.10. The maximum absolute atomic E-state index is 14.1. The van der Waals surface area contributed by atoms with Crippen molar-refractivity contribution in [3.05, 3.63) is 63.6 Å². The van der Waals surface area contributed by atoms with E-state index in [1.807, 2.05) is 0 Å². The third kappa shape index (κ3) is 4.54. The molecule has 1 aliphatic carbocycles. The van der Waals surface area contributed by atoms with E-state index < -0.39 is 11.6 Å². The minimum atomic E-state index is -0.978. The lowest BCUT2D eigenvalue weighted by atomic mass is 9.77. The van der Waals surface area contributed by atoms with Crippen molar-refractivity contribution in [2.75, 3.05) is 5.32 Å². The average Bonchev–Trinajstić information content (AvgIpc) is 2.63. The summed E-state index contributed by atoms with van der Waals surface area (Å²) >= 11 is 11.4. The smallest absolute Gasteiger partial charge is 0.224 e. The summed E-state index contributed by atoms with van der Waals surface area (Å²) in [4.78, 5) is 12.2. The van der Waals surface area contributed by atoms with Gasteiger partial charge < -0.3 is 5.32 Å². The minimum absolute atomic E-state index is 0.0302. The van der Waals surface area contributed by atoms with Gasteiger partial charge in [0.2, 0.25) is 5.91 Å². The van der Waals surface area contributed by atoms with E-state index >= 15 is 0 Å². The number of rotatable bonds is 4. The van der Waals surface area contributed by atoms with E-state index in [0.29, 0.717) is 22.7 Å². The Morgan fingerprint density at radius 2 is 1.62 bits per heavy atom. The first-order valence-corrected chi connectivity index (χ1v) is 9.38. The number of nitrogens with one attached hydrogen (secondary N) is 1. The molecule has 26 heavy (non-hydrogen) atoms. The van der Waals surface area contributed by atoms with Crippen LogP contribution in [0, 0.1) is 17.6 Å². The van der Waals surface area contributed by atoms with Crippen LogP contribution in [0.5, 0.6) is 0 Å². The zero-order chi connectivity index (χ0) is 18.7. The molecular formula is C20H19Cl2F2NO. The highest BCUT2D eigenvalue weighted by Crippen LogP contribution is 2.39. The molecule has 0 unspecified atom stereocenters. The molecule has 0 aromatic heterocycles. The maximum Gasteiger partial charge on any atom is 0.224 e. The molecule has 138 valence electrons. The Balaban J connectivity index is 1.53. The molecule has 1 N–H and O–H groups in total. The number of hydrogen-bond acceptors (Lipinski definition) is 1. The van der Waals surface area contributed by atoms with E-state index in [0.717, 1.165) is 25.7 Å². The highest BCUT2D eigenvalue weighted by molar-refractivity contribution is 6.31. The van der Waals surface area contributed by atoms with Crippen LogP contribution >= 0.6 is 23.2 Å². The van der Waals surface area contributed by atoms with Crippen LogP contribution in [0.25, 0.3) is 0 Å². The quantitative estimate of drug-likeness (QED) is 0.580. The first-order valence-electron chi connectivity index (χ1n) is 8.63. The van der Waals surface area contributed by atoms with Gasteiger partial charge in [-0.05, 0) is 73.4 Å². The van der Waals surface area contributed by atoms with Gasteiger partial charge in [-0.2, -0.15) is 0 Å². The van der Waals surface area contributed by atoms with Gasteiger partial charge in [0.25, 0.3) is 0 Å². The van der Waals surface area contributed by atoms with E-state index in [1.165, 1.54) is 6.07 Å². The third-order valence-corrected chi connectivity index (χ3v) is 5.50. The lowest BCUT2D eigenvalue weighted by molar-refractivity contribution is -0.117. The molecule has 1 amide bonds. The Labute approximate surface area is 161 Å². The van der Waals surface area contributed by atoms with E-state index in [4.69, 9.17) is 23.2 Å². The van der Waals surface area contributed by atoms with Crippen molar-refractivity contribution in [2.45, 2.75) is 38.0 Å². The summed E-state index contributed by atoms with van der Waals surface area (Å²) in [6.45, 7) is 0. The number of anilines is 1. The number of amides is 1. The number of halogens is 4. The molecule has 1 saturated carbocycles. The molecule has 1 fully saturated rings. The zero-order valence-corrected chi connectivity index (χ0v) is 15.6. The van der Waals surface area contributed by atoms with Gasteiger partial charge in [-0.15, -0.1) is 0 Å². The molecule has 0 spiro atoms. The monoisotopic (exact) mass is 397 g/mol. The summed E-state index contributed by atoms with van der Waals surface area (Å²) in [7, 11) is 0. The Bertz CT molecular complexity index is 787. The summed E-state index contributed by atoms with van der Waals surface area (Å²) < 4.78 is 27.8. The molecule has 0 heterocycles. The fourth-order valence-corrected chi connectivity index (χ4v) is 3.81. The second-order valence-corrected chi connectivity index (χ2v) is 7.59. The molecule has 3 rings (SSSR count). The summed E-state index contributed by atoms with van der Waals surface area (Å²) in [6, 6.07) is 9.94. The highest BCUT2D eigenvalue weighted by Gasteiger charge is 2.27. The molecule has 2 aromatic carbocycles. The second-order valence-electron chi connectivity index (χ2n) is 6.74. The summed E-state index contributed by atoms with van der Waals surface area (Å²) in [5, 5.41) is 3.28. The van der Waals surface area contributed by atoms with Crippen molar-refractivity contribution in [2.24, 2.45) is 5.92 Å². The van der Waals surface area contributed by atoms with Gasteiger partial charge in [0.1, 0.15) is 0 Å². The Hall–Kier alpha value is -1.65. The molecule has 0 bridgehead atoms. The van der Waals surface area contributed by atoms with Gasteiger partial charge in [0.05, 0.1) is 5.02 Å². The minimum Gasteiger partial charge on any atom is -0.326 e. The normalized spacial score (nSPS) is 20.0. The number of hydrogen-bond donors (Lipinski definition) is 1. The van der Waals surface area contributed by atoms with Gasteiger partial charge in [-0.25, -0.2) is 8.78 Å². The summed E-state index contributed by atoms with van der Waals surface area (Å²) in [5.74, 6) is -1.65.